The van der Waals surface area contributed by atoms with E-state index in [-0.39, 0.29) is 34.7 Å². The number of nitrogens with two attached hydrogens (primary N) is 1. The predicted molar refractivity (Wildman–Crippen MR) is 248 cm³/mol. The minimum Gasteiger partial charge on any atom is -0.494 e. The van der Waals surface area contributed by atoms with Gasteiger partial charge in [-0.15, -0.1) is 0 Å². The van der Waals surface area contributed by atoms with Crippen LogP contribution in [0.1, 0.15) is 98.7 Å². The van der Waals surface area contributed by atoms with Crippen molar-refractivity contribution in [2.45, 2.75) is 78.3 Å². The topological polar surface area (TPSA) is 214 Å². The Balaban J connectivity index is 0.981. The number of methoxy groups -OCH3 is 1. The fourth-order valence-electron chi connectivity index (χ4n) is 7.62. The van der Waals surface area contributed by atoms with E-state index in [2.05, 4.69) is 65.1 Å². The Bertz CT molecular complexity index is 2420. The average molecular weight is 873 g/mol. The number of carbonyl (C=O) groups is 3. The molecule has 0 radical (unpaired) electrons. The standard InChI is InChI=1S/C48H60N10O6/c1-8-10-40(45(60)52-29-59)54-39-18-16-36(27-41(39)62-7)63-24-9-19-57-20-22-58(23-21-57)35-14-11-32(12-15-35)34-26-38(43(50)51-28-34)42(49)33-13-17-37(30(2)25-33)31(3)53-46(61)44-55-47(64-56-44)48(4,5)6/h11-18,25-29,31,40,49,54H,8-10,19-24H2,1-7H3,(H2,50,51)(H,53,61)(H,52,59,60)/t31-,40?/m1/s1. The fraction of sp³-hybridized carbons (Fsp3) is 0.396. The summed E-state index contributed by atoms with van der Waals surface area (Å²) in [5.74, 6) is 1.08. The Morgan fingerprint density at radius 3 is 2.42 bits per heavy atom. The second kappa shape index (κ2) is 21.0. The van der Waals surface area contributed by atoms with Crippen LogP contribution in [-0.2, 0) is 15.0 Å². The minimum atomic E-state index is -0.560. The lowest BCUT2D eigenvalue weighted by Crippen LogP contribution is -2.46. The maximum Gasteiger partial charge on any atom is 0.293 e. The molecule has 0 saturated carbocycles. The molecule has 6 rings (SSSR count). The van der Waals surface area contributed by atoms with Crippen molar-refractivity contribution in [2.75, 3.05) is 62.4 Å². The van der Waals surface area contributed by atoms with Gasteiger partial charge in [-0.2, -0.15) is 4.98 Å². The molecule has 338 valence electrons. The first-order valence-corrected chi connectivity index (χ1v) is 21.7. The highest BCUT2D eigenvalue weighted by atomic mass is 16.5. The number of nitrogen functional groups attached to an aromatic ring is 1. The monoisotopic (exact) mass is 872 g/mol. The molecule has 1 saturated heterocycles. The lowest BCUT2D eigenvalue weighted by atomic mass is 9.94. The highest BCUT2D eigenvalue weighted by Crippen LogP contribution is 2.31. The number of amides is 3. The number of hydrogen-bond acceptors (Lipinski definition) is 14. The van der Waals surface area contributed by atoms with Crippen molar-refractivity contribution in [3.63, 3.8) is 0 Å². The summed E-state index contributed by atoms with van der Waals surface area (Å²) in [7, 11) is 1.57. The van der Waals surface area contributed by atoms with Crippen LogP contribution < -0.4 is 36.1 Å². The molecule has 2 atom stereocenters. The highest BCUT2D eigenvalue weighted by Gasteiger charge is 2.26. The molecule has 0 aliphatic carbocycles. The quantitative estimate of drug-likeness (QED) is 0.0333. The van der Waals surface area contributed by atoms with E-state index in [4.69, 9.17) is 25.1 Å². The van der Waals surface area contributed by atoms with Crippen LogP contribution in [-0.4, -0.2) is 96.4 Å². The number of aromatic nitrogens is 3. The number of nitrogens with zero attached hydrogens (tertiary/aromatic N) is 5. The van der Waals surface area contributed by atoms with Gasteiger partial charge in [0, 0.05) is 72.8 Å². The molecular formula is C48H60N10O6. The van der Waals surface area contributed by atoms with Gasteiger partial charge in [-0.1, -0.05) is 63.5 Å². The first-order chi connectivity index (χ1) is 30.7. The molecule has 1 aliphatic heterocycles. The van der Waals surface area contributed by atoms with Crippen LogP contribution in [0, 0.1) is 12.3 Å². The van der Waals surface area contributed by atoms with Gasteiger partial charge in [0.25, 0.3) is 11.7 Å². The third-order valence-corrected chi connectivity index (χ3v) is 11.3. The van der Waals surface area contributed by atoms with Crippen molar-refractivity contribution < 1.29 is 28.4 Å². The van der Waals surface area contributed by atoms with Crippen molar-refractivity contribution >= 4 is 41.1 Å². The molecule has 16 heteroatoms. The molecule has 5 aromatic rings. The Morgan fingerprint density at radius 1 is 1.02 bits per heavy atom. The first-order valence-electron chi connectivity index (χ1n) is 21.7. The number of imide groups is 1. The van der Waals surface area contributed by atoms with E-state index in [1.54, 1.807) is 19.4 Å². The minimum absolute atomic E-state index is 0.0128. The lowest BCUT2D eigenvalue weighted by Gasteiger charge is -2.36. The van der Waals surface area contributed by atoms with Crippen LogP contribution in [0.2, 0.25) is 0 Å². The van der Waals surface area contributed by atoms with E-state index >= 15 is 0 Å². The third-order valence-electron chi connectivity index (χ3n) is 11.3. The summed E-state index contributed by atoms with van der Waals surface area (Å²) < 4.78 is 16.9. The average Bonchev–Trinajstić information content (AvgIpc) is 3.80. The second-order valence-corrected chi connectivity index (χ2v) is 17.0. The largest absolute Gasteiger partial charge is 0.494 e. The number of piperazine rings is 1. The Kier molecular flexibility index (Phi) is 15.3. The maximum absolute atomic E-state index is 12.9. The van der Waals surface area contributed by atoms with E-state index in [0.29, 0.717) is 53.6 Å². The molecule has 3 heterocycles. The number of aryl methyl sites for hydroxylation is 1. The Labute approximate surface area is 374 Å². The van der Waals surface area contributed by atoms with Crippen LogP contribution in [0.5, 0.6) is 11.5 Å². The molecule has 1 unspecified atom stereocenters. The molecule has 0 bridgehead atoms. The number of rotatable bonds is 19. The molecule has 3 aromatic carbocycles. The summed E-state index contributed by atoms with van der Waals surface area (Å²) in [6.07, 6.45) is 4.33. The number of pyridine rings is 1. The lowest BCUT2D eigenvalue weighted by molar-refractivity contribution is -0.125. The molecule has 3 amide bonds. The van der Waals surface area contributed by atoms with E-state index in [1.807, 2.05) is 77.9 Å². The second-order valence-electron chi connectivity index (χ2n) is 17.0. The molecular weight excluding hydrogens is 813 g/mol. The van der Waals surface area contributed by atoms with Crippen molar-refractivity contribution in [3.8, 4) is 22.6 Å². The predicted octanol–water partition coefficient (Wildman–Crippen LogP) is 6.68. The highest BCUT2D eigenvalue weighted by molar-refractivity contribution is 6.14. The van der Waals surface area contributed by atoms with Gasteiger partial charge in [-0.05, 0) is 79.8 Å². The van der Waals surface area contributed by atoms with Crippen LogP contribution in [0.25, 0.3) is 11.1 Å². The number of carbonyl (C=O) groups excluding carboxylic acids is 3. The Morgan fingerprint density at radius 2 is 1.77 bits per heavy atom. The van der Waals surface area contributed by atoms with Crippen molar-refractivity contribution in [3.05, 3.63) is 107 Å². The zero-order valence-corrected chi connectivity index (χ0v) is 37.8. The number of anilines is 3. The van der Waals surface area contributed by atoms with Crippen LogP contribution in [0.3, 0.4) is 0 Å². The van der Waals surface area contributed by atoms with E-state index in [0.717, 1.165) is 73.5 Å². The van der Waals surface area contributed by atoms with Gasteiger partial charge < -0.3 is 35.3 Å². The summed E-state index contributed by atoms with van der Waals surface area (Å²) in [6, 6.07) is 20.6. The van der Waals surface area contributed by atoms with Crippen molar-refractivity contribution in [1.82, 2.24) is 30.7 Å². The number of benzene rings is 3. The summed E-state index contributed by atoms with van der Waals surface area (Å²) in [5.41, 5.74) is 12.9. The van der Waals surface area contributed by atoms with Crippen LogP contribution >= 0.6 is 0 Å². The smallest absolute Gasteiger partial charge is 0.293 e. The molecule has 1 fully saturated rings. The number of hydrogen-bond donors (Lipinski definition) is 5. The molecule has 64 heavy (non-hydrogen) atoms. The van der Waals surface area contributed by atoms with Gasteiger partial charge >= 0.3 is 0 Å². The maximum atomic E-state index is 12.9. The molecule has 2 aromatic heterocycles. The van der Waals surface area contributed by atoms with Crippen LogP contribution in [0.15, 0.2) is 77.4 Å². The molecule has 1 aliphatic rings. The van der Waals surface area contributed by atoms with Crippen molar-refractivity contribution in [1.29, 1.82) is 5.41 Å². The van der Waals surface area contributed by atoms with Gasteiger partial charge in [0.05, 0.1) is 31.2 Å². The van der Waals surface area contributed by atoms with E-state index < -0.39 is 11.9 Å². The summed E-state index contributed by atoms with van der Waals surface area (Å²) >= 11 is 0. The summed E-state index contributed by atoms with van der Waals surface area (Å²) in [6.45, 7) is 16.8. The van der Waals surface area contributed by atoms with Gasteiger partial charge in [0.15, 0.2) is 0 Å². The van der Waals surface area contributed by atoms with Gasteiger partial charge in [-0.25, -0.2) is 4.98 Å². The van der Waals surface area contributed by atoms with E-state index in [1.165, 1.54) is 0 Å². The normalized spacial score (nSPS) is 14.0. The zero-order valence-electron chi connectivity index (χ0n) is 37.8. The van der Waals surface area contributed by atoms with E-state index in [9.17, 15) is 14.4 Å². The molecule has 16 nitrogen and oxygen atoms in total. The molecule has 0 spiro atoms. The third kappa shape index (κ3) is 11.6. The van der Waals surface area contributed by atoms with Gasteiger partial charge in [0.1, 0.15) is 23.4 Å². The fourth-order valence-corrected chi connectivity index (χ4v) is 7.62. The first kappa shape index (κ1) is 46.7. The van der Waals surface area contributed by atoms with Gasteiger partial charge in [-0.3, -0.25) is 30.0 Å². The Hall–Kier alpha value is -6.81. The van der Waals surface area contributed by atoms with Crippen LogP contribution in [0.4, 0.5) is 17.2 Å². The summed E-state index contributed by atoms with van der Waals surface area (Å²) in [4.78, 5) is 49.6. The number of nitrogens with one attached hydrogen (secondary N) is 4. The van der Waals surface area contributed by atoms with Crippen molar-refractivity contribution in [2.24, 2.45) is 0 Å². The summed E-state index contributed by atoms with van der Waals surface area (Å²) in [5, 5.41) is 21.3. The van der Waals surface area contributed by atoms with Gasteiger partial charge in [0.2, 0.25) is 18.2 Å². The molecule has 6 N–H and O–H groups in total. The zero-order chi connectivity index (χ0) is 46.0. The SMILES string of the molecule is CCCC(Nc1ccc(OCCCN2CCN(c3ccc(-c4cnc(N)c(C(=N)c5ccc([C@@H](C)NC(=O)c6noc(C(C)(C)C)n6)c(C)c5)c4)cc3)CC2)cc1OC)C(=O)NC=O. The number of ether oxygens (including phenoxy) is 2.